The molecule has 3 aromatic rings. The molecule has 1 atom stereocenters. The Morgan fingerprint density at radius 3 is 2.89 bits per heavy atom. The van der Waals surface area contributed by atoms with E-state index in [0.717, 1.165) is 22.3 Å². The maximum atomic E-state index is 12.7. The third kappa shape index (κ3) is 3.50. The summed E-state index contributed by atoms with van der Waals surface area (Å²) in [6.07, 6.45) is 1.35. The van der Waals surface area contributed by atoms with E-state index < -0.39 is 0 Å². The molecule has 0 spiro atoms. The zero-order valence-corrected chi connectivity index (χ0v) is 15.9. The molecule has 0 bridgehead atoms. The number of nitrogens with one attached hydrogen (secondary N) is 1. The Balaban J connectivity index is 1.41. The molecule has 1 N–H and O–H groups in total. The van der Waals surface area contributed by atoms with E-state index in [1.165, 1.54) is 0 Å². The number of hydrogen-bond donors (Lipinski definition) is 1. The molecule has 0 unspecified atom stereocenters. The van der Waals surface area contributed by atoms with Gasteiger partial charge in [-0.05, 0) is 38.0 Å². The number of rotatable bonds is 5. The lowest BCUT2D eigenvalue weighted by molar-refractivity contribution is -0.123. The van der Waals surface area contributed by atoms with Crippen LogP contribution in [0.5, 0.6) is 5.75 Å². The molecule has 1 aromatic heterocycles. The molecule has 6 nitrogen and oxygen atoms in total. The first-order valence-corrected chi connectivity index (χ1v) is 9.61. The summed E-state index contributed by atoms with van der Waals surface area (Å²) in [4.78, 5) is 29.5. The van der Waals surface area contributed by atoms with Gasteiger partial charge in [0.2, 0.25) is 5.91 Å². The summed E-state index contributed by atoms with van der Waals surface area (Å²) in [5, 5.41) is 3.02. The number of nitrogens with zero attached hydrogens (tertiary/aromatic N) is 2. The summed E-state index contributed by atoms with van der Waals surface area (Å²) < 4.78 is 7.37. The van der Waals surface area contributed by atoms with Crippen molar-refractivity contribution in [3.05, 3.63) is 70.1 Å². The Morgan fingerprint density at radius 1 is 1.21 bits per heavy atom. The Hall–Kier alpha value is -3.15. The molecule has 4 rings (SSSR count). The second-order valence-electron chi connectivity index (χ2n) is 7.01. The van der Waals surface area contributed by atoms with E-state index in [4.69, 9.17) is 4.74 Å². The lowest BCUT2D eigenvalue weighted by Gasteiger charge is -2.25. The Labute approximate surface area is 163 Å². The van der Waals surface area contributed by atoms with Crippen LogP contribution in [0.25, 0.3) is 11.0 Å². The quantitative estimate of drug-likeness (QED) is 0.694. The highest BCUT2D eigenvalue weighted by molar-refractivity contribution is 5.84. The van der Waals surface area contributed by atoms with E-state index in [1.54, 1.807) is 11.5 Å². The smallest absolute Gasteiger partial charge is 0.272 e. The van der Waals surface area contributed by atoms with Crippen LogP contribution < -0.4 is 15.6 Å². The van der Waals surface area contributed by atoms with Gasteiger partial charge in [0, 0.05) is 18.7 Å². The number of para-hydroxylation sites is 3. The van der Waals surface area contributed by atoms with Gasteiger partial charge in [0.1, 0.15) is 11.4 Å². The summed E-state index contributed by atoms with van der Waals surface area (Å²) in [6, 6.07) is 15.3. The van der Waals surface area contributed by atoms with E-state index in [9.17, 15) is 9.59 Å². The SMILES string of the molecule is Cc1nc2ccccc2n(CCCNC(=O)[C@@H]2CCOc3ccccc32)c1=O. The largest absolute Gasteiger partial charge is 0.493 e. The van der Waals surface area contributed by atoms with Crippen molar-refractivity contribution in [2.24, 2.45) is 0 Å². The summed E-state index contributed by atoms with van der Waals surface area (Å²) in [5.41, 5.74) is 2.98. The first-order valence-electron chi connectivity index (χ1n) is 9.61. The van der Waals surface area contributed by atoms with E-state index in [2.05, 4.69) is 10.3 Å². The zero-order chi connectivity index (χ0) is 19.5. The second-order valence-corrected chi connectivity index (χ2v) is 7.01. The monoisotopic (exact) mass is 377 g/mol. The number of amides is 1. The number of carbonyl (C=O) groups is 1. The van der Waals surface area contributed by atoms with Gasteiger partial charge in [0.25, 0.3) is 5.56 Å². The van der Waals surface area contributed by atoms with Crippen LogP contribution in [-0.2, 0) is 11.3 Å². The van der Waals surface area contributed by atoms with Crippen molar-refractivity contribution in [1.29, 1.82) is 0 Å². The van der Waals surface area contributed by atoms with Crippen LogP contribution in [0.1, 0.15) is 30.0 Å². The van der Waals surface area contributed by atoms with Gasteiger partial charge in [-0.25, -0.2) is 4.98 Å². The van der Waals surface area contributed by atoms with Crippen LogP contribution in [0.2, 0.25) is 0 Å². The maximum absolute atomic E-state index is 12.7. The molecule has 0 radical (unpaired) electrons. The van der Waals surface area contributed by atoms with E-state index in [-0.39, 0.29) is 17.4 Å². The van der Waals surface area contributed by atoms with E-state index in [0.29, 0.717) is 38.2 Å². The molecular formula is C22H23N3O3. The minimum Gasteiger partial charge on any atom is -0.493 e. The summed E-state index contributed by atoms with van der Waals surface area (Å²) in [5.74, 6) is 0.620. The zero-order valence-electron chi connectivity index (χ0n) is 15.9. The van der Waals surface area contributed by atoms with Gasteiger partial charge < -0.3 is 14.6 Å². The van der Waals surface area contributed by atoms with Crippen molar-refractivity contribution < 1.29 is 9.53 Å². The minimum absolute atomic E-state index is 0.0128. The molecule has 6 heteroatoms. The Bertz CT molecular complexity index is 1070. The molecule has 144 valence electrons. The summed E-state index contributed by atoms with van der Waals surface area (Å²) >= 11 is 0. The van der Waals surface area contributed by atoms with Crippen LogP contribution in [0.15, 0.2) is 53.3 Å². The predicted octanol–water partition coefficient (Wildman–Crippen LogP) is 2.78. The van der Waals surface area contributed by atoms with Gasteiger partial charge in [-0.15, -0.1) is 0 Å². The number of ether oxygens (including phenoxy) is 1. The Morgan fingerprint density at radius 2 is 2.00 bits per heavy atom. The van der Waals surface area contributed by atoms with Crippen molar-refractivity contribution in [3.63, 3.8) is 0 Å². The summed E-state index contributed by atoms with van der Waals surface area (Å²) in [7, 11) is 0. The predicted molar refractivity (Wildman–Crippen MR) is 108 cm³/mol. The molecule has 0 saturated heterocycles. The van der Waals surface area contributed by atoms with Gasteiger partial charge in [0.15, 0.2) is 0 Å². The third-order valence-corrected chi connectivity index (χ3v) is 5.15. The lowest BCUT2D eigenvalue weighted by atomic mass is 9.92. The van der Waals surface area contributed by atoms with Gasteiger partial charge in [-0.1, -0.05) is 30.3 Å². The van der Waals surface area contributed by atoms with Crippen molar-refractivity contribution >= 4 is 16.9 Å². The molecule has 1 amide bonds. The molecular weight excluding hydrogens is 354 g/mol. The van der Waals surface area contributed by atoms with Gasteiger partial charge in [0.05, 0.1) is 23.6 Å². The molecule has 0 saturated carbocycles. The molecule has 2 aromatic carbocycles. The number of fused-ring (bicyclic) bond motifs is 2. The van der Waals surface area contributed by atoms with Crippen LogP contribution in [0.3, 0.4) is 0 Å². The number of hydrogen-bond acceptors (Lipinski definition) is 4. The van der Waals surface area contributed by atoms with Crippen LogP contribution in [0, 0.1) is 6.92 Å². The highest BCUT2D eigenvalue weighted by Gasteiger charge is 2.26. The molecule has 1 aliphatic rings. The molecule has 0 aliphatic carbocycles. The van der Waals surface area contributed by atoms with Crippen molar-refractivity contribution in [2.45, 2.75) is 32.2 Å². The maximum Gasteiger partial charge on any atom is 0.272 e. The lowest BCUT2D eigenvalue weighted by Crippen LogP contribution is -2.34. The van der Waals surface area contributed by atoms with E-state index >= 15 is 0 Å². The van der Waals surface area contributed by atoms with Crippen LogP contribution in [-0.4, -0.2) is 28.6 Å². The van der Waals surface area contributed by atoms with Crippen LogP contribution in [0.4, 0.5) is 0 Å². The molecule has 28 heavy (non-hydrogen) atoms. The van der Waals surface area contributed by atoms with E-state index in [1.807, 2.05) is 48.5 Å². The number of aromatic nitrogens is 2. The first kappa shape index (κ1) is 18.2. The fourth-order valence-electron chi connectivity index (χ4n) is 3.73. The average molecular weight is 377 g/mol. The van der Waals surface area contributed by atoms with Crippen molar-refractivity contribution in [1.82, 2.24) is 14.9 Å². The summed E-state index contributed by atoms with van der Waals surface area (Å²) in [6.45, 7) is 3.33. The standard InChI is InChI=1S/C22H23N3O3/c1-15-22(27)25(19-9-4-3-8-18(19)24-15)13-6-12-23-21(26)17-11-14-28-20-10-5-2-7-16(17)20/h2-5,7-10,17H,6,11-14H2,1H3,(H,23,26)/t17-/m1/s1. The van der Waals surface area contributed by atoms with Gasteiger partial charge in [-0.3, -0.25) is 9.59 Å². The first-order chi connectivity index (χ1) is 13.6. The fourth-order valence-corrected chi connectivity index (χ4v) is 3.73. The fraction of sp³-hybridized carbons (Fsp3) is 0.318. The average Bonchev–Trinajstić information content (AvgIpc) is 2.73. The topological polar surface area (TPSA) is 73.2 Å². The minimum atomic E-state index is -0.184. The molecule has 0 fully saturated rings. The Kier molecular flexibility index (Phi) is 5.10. The van der Waals surface area contributed by atoms with Crippen molar-refractivity contribution in [3.8, 4) is 5.75 Å². The van der Waals surface area contributed by atoms with Crippen LogP contribution >= 0.6 is 0 Å². The highest BCUT2D eigenvalue weighted by Crippen LogP contribution is 2.33. The van der Waals surface area contributed by atoms with Gasteiger partial charge in [-0.2, -0.15) is 0 Å². The molecule has 1 aliphatic heterocycles. The normalized spacial score (nSPS) is 15.7. The van der Waals surface area contributed by atoms with Crippen molar-refractivity contribution in [2.75, 3.05) is 13.2 Å². The highest BCUT2D eigenvalue weighted by atomic mass is 16.5. The second kappa shape index (κ2) is 7.84. The number of aryl methyl sites for hydroxylation is 2. The third-order valence-electron chi connectivity index (χ3n) is 5.15. The molecule has 2 heterocycles. The number of carbonyl (C=O) groups excluding carboxylic acids is 1. The van der Waals surface area contributed by atoms with Gasteiger partial charge >= 0.3 is 0 Å². The number of benzene rings is 2.